The Bertz CT molecular complexity index is 685. The van der Waals surface area contributed by atoms with E-state index in [-0.39, 0.29) is 23.8 Å². The number of benzene rings is 1. The van der Waals surface area contributed by atoms with Crippen molar-refractivity contribution in [1.29, 1.82) is 0 Å². The third-order valence-corrected chi connectivity index (χ3v) is 4.23. The lowest BCUT2D eigenvalue weighted by Crippen LogP contribution is -2.26. The van der Waals surface area contributed by atoms with E-state index >= 15 is 0 Å². The Balaban J connectivity index is 2.14. The molecule has 0 aliphatic carbocycles. The first-order valence-corrected chi connectivity index (χ1v) is 7.58. The van der Waals surface area contributed by atoms with E-state index in [4.69, 9.17) is 9.84 Å². The van der Waals surface area contributed by atoms with Crippen molar-refractivity contribution in [2.45, 2.75) is 17.9 Å². The molecule has 114 valence electrons. The van der Waals surface area contributed by atoms with Crippen molar-refractivity contribution < 1.29 is 22.8 Å². The van der Waals surface area contributed by atoms with Gasteiger partial charge in [-0.1, -0.05) is 11.2 Å². The highest BCUT2D eigenvalue weighted by Crippen LogP contribution is 2.24. The van der Waals surface area contributed by atoms with E-state index in [0.29, 0.717) is 17.8 Å². The van der Waals surface area contributed by atoms with Crippen LogP contribution in [0.5, 0.6) is 5.75 Å². The molecule has 1 aromatic heterocycles. The molecule has 0 saturated carbocycles. The van der Waals surface area contributed by atoms with Gasteiger partial charge in [0.05, 0.1) is 13.7 Å². The third-order valence-electron chi connectivity index (χ3n) is 2.75. The quantitative estimate of drug-likeness (QED) is 0.744. The normalized spacial score (nSPS) is 11.5. The van der Waals surface area contributed by atoms with Gasteiger partial charge in [-0.05, 0) is 17.7 Å². The Hall–Kier alpha value is -1.97. The number of sulfonamides is 1. The monoisotopic (exact) mass is 313 g/mol. The molecule has 1 aromatic carbocycles. The van der Waals surface area contributed by atoms with Crippen LogP contribution in [-0.4, -0.2) is 37.3 Å². The van der Waals surface area contributed by atoms with Crippen molar-refractivity contribution in [3.05, 3.63) is 36.0 Å². The molecule has 0 amide bonds. The summed E-state index contributed by atoms with van der Waals surface area (Å²) in [6, 6.07) is 4.46. The second-order valence-electron chi connectivity index (χ2n) is 4.14. The number of methoxy groups -OCH3 is 1. The van der Waals surface area contributed by atoms with Gasteiger partial charge in [-0.2, -0.15) is 4.98 Å². The highest BCUT2D eigenvalue weighted by atomic mass is 32.2. The van der Waals surface area contributed by atoms with E-state index in [1.54, 1.807) is 6.07 Å². The van der Waals surface area contributed by atoms with Gasteiger partial charge in [0.1, 0.15) is 10.6 Å². The van der Waals surface area contributed by atoms with Gasteiger partial charge in [0.25, 0.3) is 0 Å². The largest absolute Gasteiger partial charge is 0.495 e. The van der Waals surface area contributed by atoms with Crippen LogP contribution in [0.2, 0.25) is 0 Å². The highest BCUT2D eigenvalue weighted by Gasteiger charge is 2.19. The van der Waals surface area contributed by atoms with Crippen LogP contribution in [0.3, 0.4) is 0 Å². The SMILES string of the molecule is COc1ccc(CO)cc1S(=O)(=O)NCCc1ncon1. The lowest BCUT2D eigenvalue weighted by molar-refractivity contribution is 0.281. The fourth-order valence-corrected chi connectivity index (χ4v) is 2.96. The number of hydrogen-bond acceptors (Lipinski definition) is 7. The molecule has 1 heterocycles. The average Bonchev–Trinajstić information content (AvgIpc) is 2.99. The minimum absolute atomic E-state index is 0.0235. The first-order valence-electron chi connectivity index (χ1n) is 6.09. The second kappa shape index (κ2) is 6.66. The van der Waals surface area contributed by atoms with E-state index in [9.17, 15) is 8.42 Å². The summed E-state index contributed by atoms with van der Waals surface area (Å²) in [6.45, 7) is -0.135. The molecule has 0 saturated heterocycles. The van der Waals surface area contributed by atoms with E-state index in [2.05, 4.69) is 19.4 Å². The van der Waals surface area contributed by atoms with Crippen molar-refractivity contribution in [2.24, 2.45) is 0 Å². The molecular formula is C12H15N3O5S. The molecule has 0 bridgehead atoms. The maximum Gasteiger partial charge on any atom is 0.244 e. The number of aromatic nitrogens is 2. The van der Waals surface area contributed by atoms with Crippen LogP contribution < -0.4 is 9.46 Å². The molecular weight excluding hydrogens is 298 g/mol. The molecule has 9 heteroatoms. The summed E-state index contributed by atoms with van der Waals surface area (Å²) in [5.41, 5.74) is 0.481. The van der Waals surface area contributed by atoms with Crippen molar-refractivity contribution in [3.8, 4) is 5.75 Å². The summed E-state index contributed by atoms with van der Waals surface area (Å²) in [5.74, 6) is 0.619. The topological polar surface area (TPSA) is 115 Å². The van der Waals surface area contributed by atoms with E-state index in [1.165, 1.54) is 25.6 Å². The Kier molecular flexibility index (Phi) is 4.89. The summed E-state index contributed by atoms with van der Waals surface area (Å²) in [6.07, 6.45) is 1.48. The number of ether oxygens (including phenoxy) is 1. The van der Waals surface area contributed by atoms with Crippen LogP contribution in [0.1, 0.15) is 11.4 Å². The molecule has 0 spiro atoms. The summed E-state index contributed by atoms with van der Waals surface area (Å²) in [7, 11) is -2.38. The zero-order chi connectivity index (χ0) is 15.3. The summed E-state index contributed by atoms with van der Waals surface area (Å²) >= 11 is 0. The molecule has 2 aromatic rings. The third kappa shape index (κ3) is 3.78. The standard InChI is InChI=1S/C12H15N3O5S/c1-19-10-3-2-9(7-16)6-11(10)21(17,18)14-5-4-12-13-8-20-15-12/h2-3,6,8,14,16H,4-5,7H2,1H3. The predicted molar refractivity (Wildman–Crippen MR) is 72.1 cm³/mol. The van der Waals surface area contributed by atoms with Crippen molar-refractivity contribution in [2.75, 3.05) is 13.7 Å². The van der Waals surface area contributed by atoms with Gasteiger partial charge in [0.15, 0.2) is 5.82 Å². The number of rotatable bonds is 7. The van der Waals surface area contributed by atoms with Crippen LogP contribution >= 0.6 is 0 Å². The van der Waals surface area contributed by atoms with Gasteiger partial charge < -0.3 is 14.4 Å². The van der Waals surface area contributed by atoms with Crippen LogP contribution in [-0.2, 0) is 23.1 Å². The summed E-state index contributed by atoms with van der Waals surface area (Å²) < 4.78 is 36.6. The molecule has 0 fully saturated rings. The maximum atomic E-state index is 12.3. The Morgan fingerprint density at radius 1 is 1.43 bits per heavy atom. The maximum absolute atomic E-state index is 12.3. The molecule has 0 aliphatic rings. The van der Waals surface area contributed by atoms with Crippen LogP contribution in [0.15, 0.2) is 34.0 Å². The van der Waals surface area contributed by atoms with Crippen LogP contribution in [0.25, 0.3) is 0 Å². The lowest BCUT2D eigenvalue weighted by atomic mass is 10.2. The smallest absolute Gasteiger partial charge is 0.244 e. The van der Waals surface area contributed by atoms with Crippen molar-refractivity contribution in [3.63, 3.8) is 0 Å². The lowest BCUT2D eigenvalue weighted by Gasteiger charge is -2.11. The first kappa shape index (κ1) is 15.4. The number of nitrogens with zero attached hydrogens (tertiary/aromatic N) is 2. The number of aliphatic hydroxyl groups is 1. The van der Waals surface area contributed by atoms with Gasteiger partial charge in [-0.15, -0.1) is 0 Å². The van der Waals surface area contributed by atoms with Crippen molar-refractivity contribution in [1.82, 2.24) is 14.9 Å². The molecule has 0 unspecified atom stereocenters. The van der Waals surface area contributed by atoms with Crippen LogP contribution in [0.4, 0.5) is 0 Å². The van der Waals surface area contributed by atoms with E-state index in [0.717, 1.165) is 0 Å². The van der Waals surface area contributed by atoms with E-state index < -0.39 is 10.0 Å². The first-order chi connectivity index (χ1) is 10.1. The zero-order valence-corrected chi connectivity index (χ0v) is 12.1. The zero-order valence-electron chi connectivity index (χ0n) is 11.3. The number of aliphatic hydroxyl groups excluding tert-OH is 1. The summed E-state index contributed by atoms with van der Waals surface area (Å²) in [4.78, 5) is 3.78. The minimum Gasteiger partial charge on any atom is -0.495 e. The van der Waals surface area contributed by atoms with Gasteiger partial charge in [-0.25, -0.2) is 13.1 Å². The van der Waals surface area contributed by atoms with Gasteiger partial charge in [0, 0.05) is 13.0 Å². The average molecular weight is 313 g/mol. The van der Waals surface area contributed by atoms with Crippen LogP contribution in [0, 0.1) is 0 Å². The second-order valence-corrected chi connectivity index (χ2v) is 5.87. The Labute approximate surface area is 121 Å². The fraction of sp³-hybridized carbons (Fsp3) is 0.333. The van der Waals surface area contributed by atoms with Gasteiger partial charge >= 0.3 is 0 Å². The predicted octanol–water partition coefficient (Wildman–Crippen LogP) is 0.0915. The molecule has 2 N–H and O–H groups in total. The summed E-state index contributed by atoms with van der Waals surface area (Å²) in [5, 5.41) is 12.7. The Morgan fingerprint density at radius 3 is 2.86 bits per heavy atom. The molecule has 2 rings (SSSR count). The fourth-order valence-electron chi connectivity index (χ4n) is 1.71. The molecule has 0 atom stereocenters. The van der Waals surface area contributed by atoms with Gasteiger partial charge in [-0.3, -0.25) is 0 Å². The molecule has 0 aliphatic heterocycles. The highest BCUT2D eigenvalue weighted by molar-refractivity contribution is 7.89. The van der Waals surface area contributed by atoms with Gasteiger partial charge in [0.2, 0.25) is 16.4 Å². The Morgan fingerprint density at radius 2 is 2.24 bits per heavy atom. The number of hydrogen-bond donors (Lipinski definition) is 2. The molecule has 0 radical (unpaired) electrons. The van der Waals surface area contributed by atoms with Crippen molar-refractivity contribution >= 4 is 10.0 Å². The van der Waals surface area contributed by atoms with E-state index in [1.807, 2.05) is 0 Å². The molecule has 21 heavy (non-hydrogen) atoms. The number of nitrogens with one attached hydrogen (secondary N) is 1. The molecule has 8 nitrogen and oxygen atoms in total. The minimum atomic E-state index is -3.76.